The van der Waals surface area contributed by atoms with Crippen LogP contribution in [0, 0.1) is 6.92 Å². The Morgan fingerprint density at radius 1 is 0.909 bits per heavy atom. The predicted molar refractivity (Wildman–Crippen MR) is 135 cm³/mol. The van der Waals surface area contributed by atoms with E-state index in [-0.39, 0.29) is 5.56 Å². The number of aromatic nitrogens is 2. The molecule has 2 aromatic heterocycles. The van der Waals surface area contributed by atoms with Gasteiger partial charge in [-0.2, -0.15) is 0 Å². The summed E-state index contributed by atoms with van der Waals surface area (Å²) in [6.07, 6.45) is 4.11. The van der Waals surface area contributed by atoms with Gasteiger partial charge in [0, 0.05) is 34.1 Å². The highest BCUT2D eigenvalue weighted by molar-refractivity contribution is 5.91. The van der Waals surface area contributed by atoms with Gasteiger partial charge in [-0.05, 0) is 61.0 Å². The van der Waals surface area contributed by atoms with Crippen molar-refractivity contribution >= 4 is 21.7 Å². The third-order valence-electron chi connectivity index (χ3n) is 6.21. The van der Waals surface area contributed by atoms with Crippen LogP contribution in [0.1, 0.15) is 54.8 Å². The lowest BCUT2D eigenvalue weighted by atomic mass is 9.94. The molecule has 0 saturated carbocycles. The van der Waals surface area contributed by atoms with Crippen molar-refractivity contribution in [3.63, 3.8) is 0 Å². The quantitative estimate of drug-likeness (QED) is 0.368. The van der Waals surface area contributed by atoms with Crippen LogP contribution in [0.3, 0.4) is 0 Å². The molecule has 0 aliphatic rings. The Hall–Kier alpha value is -3.34. The van der Waals surface area contributed by atoms with Gasteiger partial charge in [0.15, 0.2) is 11.5 Å². The van der Waals surface area contributed by atoms with Crippen molar-refractivity contribution in [3.05, 3.63) is 74.8 Å². The molecule has 0 saturated heterocycles. The van der Waals surface area contributed by atoms with Crippen LogP contribution in [0.15, 0.2) is 41.2 Å². The van der Waals surface area contributed by atoms with Crippen molar-refractivity contribution in [2.75, 3.05) is 14.2 Å². The van der Waals surface area contributed by atoms with Crippen molar-refractivity contribution in [1.29, 1.82) is 0 Å². The zero-order valence-electron chi connectivity index (χ0n) is 20.2. The maximum absolute atomic E-state index is 13.3. The number of nitrogens with one attached hydrogen (secondary N) is 1. The molecule has 0 atom stereocenters. The Morgan fingerprint density at radius 2 is 1.61 bits per heavy atom. The van der Waals surface area contributed by atoms with Crippen molar-refractivity contribution in [2.45, 2.75) is 52.9 Å². The lowest BCUT2D eigenvalue weighted by Gasteiger charge is -2.16. The zero-order chi connectivity index (χ0) is 23.5. The minimum atomic E-state index is -0.0510. The van der Waals surface area contributed by atoms with Crippen molar-refractivity contribution in [2.24, 2.45) is 0 Å². The number of hydrogen-bond donors (Lipinski definition) is 1. The van der Waals surface area contributed by atoms with Gasteiger partial charge in [-0.3, -0.25) is 9.78 Å². The van der Waals surface area contributed by atoms with Crippen LogP contribution in [-0.2, 0) is 19.3 Å². The molecule has 2 heterocycles. The van der Waals surface area contributed by atoms with Crippen molar-refractivity contribution in [1.82, 2.24) is 9.97 Å². The number of aromatic amines is 1. The molecule has 5 heteroatoms. The van der Waals surface area contributed by atoms with Crippen LogP contribution in [0.2, 0.25) is 0 Å². The maximum atomic E-state index is 13.3. The first-order valence-corrected chi connectivity index (χ1v) is 11.7. The average molecular weight is 445 g/mol. The van der Waals surface area contributed by atoms with E-state index in [0.29, 0.717) is 17.9 Å². The first-order chi connectivity index (χ1) is 16.0. The second-order valence-electron chi connectivity index (χ2n) is 8.63. The Morgan fingerprint density at radius 3 is 2.27 bits per heavy atom. The van der Waals surface area contributed by atoms with Gasteiger partial charge >= 0.3 is 0 Å². The lowest BCUT2D eigenvalue weighted by molar-refractivity contribution is 0.356. The predicted octanol–water partition coefficient (Wildman–Crippen LogP) is 5.90. The van der Waals surface area contributed by atoms with Crippen LogP contribution in [0.5, 0.6) is 11.5 Å². The molecule has 2 aromatic carbocycles. The molecular formula is C28H32N2O3. The minimum Gasteiger partial charge on any atom is -0.493 e. The topological polar surface area (TPSA) is 64.2 Å². The number of benzene rings is 2. The summed E-state index contributed by atoms with van der Waals surface area (Å²) in [5.41, 5.74) is 5.96. The largest absolute Gasteiger partial charge is 0.493 e. The van der Waals surface area contributed by atoms with Gasteiger partial charge in [0.05, 0.1) is 19.7 Å². The molecule has 1 N–H and O–H groups in total. The minimum absolute atomic E-state index is 0.0510. The molecule has 33 heavy (non-hydrogen) atoms. The third-order valence-corrected chi connectivity index (χ3v) is 6.21. The molecule has 172 valence electrons. The van der Waals surface area contributed by atoms with E-state index in [9.17, 15) is 4.79 Å². The highest BCUT2D eigenvalue weighted by atomic mass is 16.5. The molecular weight excluding hydrogens is 412 g/mol. The van der Waals surface area contributed by atoms with E-state index in [1.165, 1.54) is 5.56 Å². The highest BCUT2D eigenvalue weighted by Crippen LogP contribution is 2.35. The molecule has 0 fully saturated rings. The van der Waals surface area contributed by atoms with E-state index < -0.39 is 0 Å². The summed E-state index contributed by atoms with van der Waals surface area (Å²) in [4.78, 5) is 21.4. The van der Waals surface area contributed by atoms with Crippen LogP contribution >= 0.6 is 0 Å². The molecule has 0 radical (unpaired) electrons. The van der Waals surface area contributed by atoms with E-state index in [2.05, 4.69) is 50.0 Å². The van der Waals surface area contributed by atoms with E-state index in [0.717, 1.165) is 69.9 Å². The summed E-state index contributed by atoms with van der Waals surface area (Å²) < 4.78 is 11.1. The smallest absolute Gasteiger partial charge is 0.252 e. The lowest BCUT2D eigenvalue weighted by Crippen LogP contribution is -2.17. The molecule has 5 nitrogen and oxygen atoms in total. The Labute approximate surface area is 194 Å². The number of H-pyrrole nitrogens is 1. The van der Waals surface area contributed by atoms with E-state index in [1.807, 2.05) is 12.1 Å². The second-order valence-corrected chi connectivity index (χ2v) is 8.63. The first kappa shape index (κ1) is 22.8. The molecule has 4 aromatic rings. The van der Waals surface area contributed by atoms with E-state index >= 15 is 0 Å². The highest BCUT2D eigenvalue weighted by Gasteiger charge is 2.18. The third kappa shape index (κ3) is 4.45. The van der Waals surface area contributed by atoms with Gasteiger partial charge in [0.1, 0.15) is 0 Å². The first-order valence-electron chi connectivity index (χ1n) is 11.7. The summed E-state index contributed by atoms with van der Waals surface area (Å²) in [5, 5.41) is 3.02. The summed E-state index contributed by atoms with van der Waals surface area (Å²) >= 11 is 0. The molecule has 0 aliphatic carbocycles. The second kappa shape index (κ2) is 9.65. The van der Waals surface area contributed by atoms with Crippen LogP contribution in [0.4, 0.5) is 0 Å². The van der Waals surface area contributed by atoms with Gasteiger partial charge in [-0.1, -0.05) is 38.3 Å². The fourth-order valence-corrected chi connectivity index (χ4v) is 4.58. The Bertz CT molecular complexity index is 1370. The number of methoxy groups -OCH3 is 2. The van der Waals surface area contributed by atoms with E-state index in [1.54, 1.807) is 14.2 Å². The summed E-state index contributed by atoms with van der Waals surface area (Å²) in [5.74, 6) is 1.29. The standard InChI is InChI=1S/C28H32N2O3/c1-6-8-23-19(13-18-12-17(3)10-11-24(18)29-23)14-22-20-15-26(32-4)27(33-5)16-21(20)25(9-7-2)30-28(22)31/h10-13,15-16H,6-9,14H2,1-5H3,(H,30,31). The van der Waals surface area contributed by atoms with Crippen LogP contribution in [0.25, 0.3) is 21.7 Å². The summed E-state index contributed by atoms with van der Waals surface area (Å²) in [6, 6.07) is 12.4. The van der Waals surface area contributed by atoms with Crippen LogP contribution in [-0.4, -0.2) is 24.2 Å². The average Bonchev–Trinajstić information content (AvgIpc) is 2.81. The summed E-state index contributed by atoms with van der Waals surface area (Å²) in [6.45, 7) is 6.35. The number of hydrogen-bond acceptors (Lipinski definition) is 4. The number of aryl methyl sites for hydroxylation is 3. The molecule has 0 spiro atoms. The fourth-order valence-electron chi connectivity index (χ4n) is 4.58. The molecule has 0 amide bonds. The molecule has 4 rings (SSSR count). The number of fused-ring (bicyclic) bond motifs is 2. The number of rotatable bonds is 8. The molecule has 0 aliphatic heterocycles. The normalized spacial score (nSPS) is 11.3. The van der Waals surface area contributed by atoms with Crippen molar-refractivity contribution in [3.8, 4) is 11.5 Å². The zero-order valence-corrected chi connectivity index (χ0v) is 20.2. The van der Waals surface area contributed by atoms with Crippen molar-refractivity contribution < 1.29 is 9.47 Å². The van der Waals surface area contributed by atoms with Gasteiger partial charge < -0.3 is 14.5 Å². The SMILES string of the molecule is CCCc1nc2ccc(C)cc2cc1Cc1c(=O)[nH]c(CCC)c2cc(OC)c(OC)cc12. The Balaban J connectivity index is 1.95. The molecule has 0 unspecified atom stereocenters. The van der Waals surface area contributed by atoms with Gasteiger partial charge in [-0.15, -0.1) is 0 Å². The number of pyridine rings is 2. The van der Waals surface area contributed by atoms with Gasteiger partial charge in [0.2, 0.25) is 0 Å². The van der Waals surface area contributed by atoms with Gasteiger partial charge in [0.25, 0.3) is 5.56 Å². The number of ether oxygens (including phenoxy) is 2. The monoisotopic (exact) mass is 444 g/mol. The van der Waals surface area contributed by atoms with Crippen LogP contribution < -0.4 is 15.0 Å². The summed E-state index contributed by atoms with van der Waals surface area (Å²) in [7, 11) is 3.26. The fraction of sp³-hybridized carbons (Fsp3) is 0.357. The molecule has 0 bridgehead atoms. The van der Waals surface area contributed by atoms with Gasteiger partial charge in [-0.25, -0.2) is 0 Å². The maximum Gasteiger partial charge on any atom is 0.252 e. The number of nitrogens with zero attached hydrogens (tertiary/aromatic N) is 1. The van der Waals surface area contributed by atoms with E-state index in [4.69, 9.17) is 14.5 Å². The Kier molecular flexibility index (Phi) is 6.68.